The van der Waals surface area contributed by atoms with Crippen molar-refractivity contribution in [3.8, 4) is 0 Å². The summed E-state index contributed by atoms with van der Waals surface area (Å²) in [7, 11) is 0. The minimum atomic E-state index is -0.632. The number of benzene rings is 1. The molecule has 4 heterocycles. The van der Waals surface area contributed by atoms with Gasteiger partial charge in [0.05, 0.1) is 12.1 Å². The number of primary amides is 1. The number of thioether (sulfide) groups is 3. The summed E-state index contributed by atoms with van der Waals surface area (Å²) in [5.74, 6) is 6.94. The maximum Gasteiger partial charge on any atom is 0.240 e. The molecule has 0 spiro atoms. The molecule has 5 rings (SSSR count). The molecule has 2 amide bonds. The monoisotopic (exact) mass is 646 g/mol. The Morgan fingerprint density at radius 1 is 0.860 bits per heavy atom. The second-order valence-electron chi connectivity index (χ2n) is 11.8. The average Bonchev–Trinajstić information content (AvgIpc) is 3.00. The molecule has 0 radical (unpaired) electrons. The van der Waals surface area contributed by atoms with E-state index in [-0.39, 0.29) is 5.91 Å². The Bertz CT molecular complexity index is 1140. The molecular formula is C30H46N8O2S3. The summed E-state index contributed by atoms with van der Waals surface area (Å²) in [6.07, 6.45) is 4.42. The lowest BCUT2D eigenvalue weighted by atomic mass is 10.1. The third-order valence-corrected chi connectivity index (χ3v) is 11.8. The lowest BCUT2D eigenvalue weighted by molar-refractivity contribution is -0.125. The highest BCUT2D eigenvalue weighted by atomic mass is 32.2. The number of amides is 2. The molecule has 0 saturated carbocycles. The molecule has 1 aromatic carbocycles. The molecule has 0 aromatic heterocycles. The highest BCUT2D eigenvalue weighted by molar-refractivity contribution is 7.99. The van der Waals surface area contributed by atoms with Crippen molar-refractivity contribution in [2.75, 3.05) is 54.9 Å². The number of carbonyl (C=O) groups is 2. The molecule has 10 nitrogen and oxygen atoms in total. The number of rotatable bonds is 14. The van der Waals surface area contributed by atoms with Gasteiger partial charge in [-0.1, -0.05) is 30.3 Å². The van der Waals surface area contributed by atoms with Crippen LogP contribution < -0.4 is 21.7 Å². The summed E-state index contributed by atoms with van der Waals surface area (Å²) in [4.78, 5) is 38.0. The Hall–Kier alpha value is -2.25. The van der Waals surface area contributed by atoms with Gasteiger partial charge in [-0.15, -0.1) is 0 Å². The highest BCUT2D eigenvalue weighted by Crippen LogP contribution is 2.23. The van der Waals surface area contributed by atoms with Crippen LogP contribution in [0.4, 0.5) is 0 Å². The second-order valence-corrected chi connectivity index (χ2v) is 14.9. The molecule has 0 unspecified atom stereocenters. The van der Waals surface area contributed by atoms with Gasteiger partial charge >= 0.3 is 0 Å². The predicted octanol–water partition coefficient (Wildman–Crippen LogP) is 1.96. The number of nitrogens with one attached hydrogen (secondary N) is 3. The van der Waals surface area contributed by atoms with E-state index in [1.165, 1.54) is 18.9 Å². The van der Waals surface area contributed by atoms with Gasteiger partial charge in [0.15, 0.2) is 11.9 Å². The summed E-state index contributed by atoms with van der Waals surface area (Å²) in [5.41, 5.74) is 6.83. The maximum atomic E-state index is 11.6. The zero-order valence-corrected chi connectivity index (χ0v) is 27.5. The van der Waals surface area contributed by atoms with Crippen molar-refractivity contribution in [2.24, 2.45) is 15.7 Å². The zero-order valence-electron chi connectivity index (χ0n) is 25.1. The number of carbonyl (C=O) groups excluding carboxylic acids is 2. The number of guanidine groups is 2. The van der Waals surface area contributed by atoms with Crippen LogP contribution in [-0.4, -0.2) is 119 Å². The van der Waals surface area contributed by atoms with Crippen LogP contribution in [0.5, 0.6) is 0 Å². The van der Waals surface area contributed by atoms with Crippen LogP contribution in [0.25, 0.3) is 0 Å². The zero-order chi connectivity index (χ0) is 30.0. The standard InChI is InChI=1S/C30H46N8O2S3/c1-21(39)32-27(28(31)40)20-43-19-26-10-14-38-13-9-25(35-30(38)36-26)18-42-17-24-8-12-37-11-7-23(33-29(37)34-24)16-41-15-22-5-3-2-4-6-22/h2-6,23-27H,7-20H2,1H3,(H2,31,40)(H,32,39)(H,33,34)(H,35,36)/t23-,24-,25-,26-,27+/m1/s1. The van der Waals surface area contributed by atoms with Gasteiger partial charge in [-0.05, 0) is 31.2 Å². The second kappa shape index (κ2) is 16.2. The first kappa shape index (κ1) is 32.2. The summed E-state index contributed by atoms with van der Waals surface area (Å²) < 4.78 is 0. The van der Waals surface area contributed by atoms with Crippen LogP contribution >= 0.6 is 35.3 Å². The fourth-order valence-corrected chi connectivity index (χ4v) is 9.18. The van der Waals surface area contributed by atoms with Crippen molar-refractivity contribution in [1.29, 1.82) is 0 Å². The third-order valence-electron chi connectivity index (χ3n) is 8.21. The van der Waals surface area contributed by atoms with Gasteiger partial charge in [0.25, 0.3) is 0 Å². The van der Waals surface area contributed by atoms with Crippen molar-refractivity contribution in [1.82, 2.24) is 25.8 Å². The van der Waals surface area contributed by atoms with E-state index in [2.05, 4.69) is 56.1 Å². The molecule has 1 aromatic rings. The van der Waals surface area contributed by atoms with Crippen molar-refractivity contribution < 1.29 is 9.59 Å². The van der Waals surface area contributed by atoms with Crippen LogP contribution in [0, 0.1) is 0 Å². The molecule has 4 aliphatic rings. The first-order chi connectivity index (χ1) is 20.9. The molecule has 0 aliphatic carbocycles. The van der Waals surface area contributed by atoms with E-state index < -0.39 is 11.9 Å². The van der Waals surface area contributed by atoms with E-state index in [9.17, 15) is 9.59 Å². The van der Waals surface area contributed by atoms with Gasteiger partial charge in [-0.25, -0.2) is 9.98 Å². The minimum absolute atomic E-state index is 0.238. The maximum absolute atomic E-state index is 11.6. The number of nitrogens with zero attached hydrogens (tertiary/aromatic N) is 4. The Balaban J connectivity index is 1.02. The summed E-state index contributed by atoms with van der Waals surface area (Å²) in [6, 6.07) is 11.6. The molecule has 43 heavy (non-hydrogen) atoms. The van der Waals surface area contributed by atoms with Gasteiger partial charge in [0.1, 0.15) is 6.04 Å². The number of fused-ring (bicyclic) bond motifs is 2. The molecule has 2 saturated heterocycles. The lowest BCUT2D eigenvalue weighted by Crippen LogP contribution is -2.56. The van der Waals surface area contributed by atoms with Crippen molar-refractivity contribution >= 4 is 59.0 Å². The fraction of sp³-hybridized carbons (Fsp3) is 0.667. The van der Waals surface area contributed by atoms with Crippen molar-refractivity contribution in [2.45, 2.75) is 68.6 Å². The Morgan fingerprint density at radius 2 is 1.42 bits per heavy atom. The summed E-state index contributed by atoms with van der Waals surface area (Å²) >= 11 is 5.64. The van der Waals surface area contributed by atoms with Crippen LogP contribution in [-0.2, 0) is 15.3 Å². The Labute approximate surface area is 268 Å². The highest BCUT2D eigenvalue weighted by Gasteiger charge is 2.30. The summed E-state index contributed by atoms with van der Waals surface area (Å²) in [5, 5.41) is 10.0. The van der Waals surface area contributed by atoms with E-state index in [1.807, 2.05) is 23.5 Å². The SMILES string of the molecule is CC(=O)N[C@@H](CSC[C@H]1CCN2CC[C@H](CSC[C@H]3CCN4CC[C@H](CSCc5ccccc5)NC4=N3)N=C2N1)C(N)=O. The molecule has 5 N–H and O–H groups in total. The van der Waals surface area contributed by atoms with Gasteiger partial charge in [-0.3, -0.25) is 9.59 Å². The van der Waals surface area contributed by atoms with Crippen molar-refractivity contribution in [3.05, 3.63) is 35.9 Å². The average molecular weight is 647 g/mol. The summed E-state index contributed by atoms with van der Waals surface area (Å²) in [6.45, 7) is 5.64. The Kier molecular flexibility index (Phi) is 12.1. The first-order valence-corrected chi connectivity index (χ1v) is 18.9. The van der Waals surface area contributed by atoms with Gasteiger partial charge in [0, 0.05) is 79.7 Å². The van der Waals surface area contributed by atoms with E-state index in [0.717, 1.165) is 86.1 Å². The molecule has 13 heteroatoms. The van der Waals surface area contributed by atoms with E-state index in [0.29, 0.717) is 29.9 Å². The minimum Gasteiger partial charge on any atom is -0.368 e. The molecule has 0 bridgehead atoms. The third kappa shape index (κ3) is 9.87. The molecule has 2 fully saturated rings. The van der Waals surface area contributed by atoms with Gasteiger partial charge in [0.2, 0.25) is 11.8 Å². The van der Waals surface area contributed by atoms with Crippen LogP contribution in [0.2, 0.25) is 0 Å². The van der Waals surface area contributed by atoms with E-state index in [1.54, 1.807) is 11.8 Å². The molecule has 5 atom stereocenters. The molecular weight excluding hydrogens is 601 g/mol. The number of aliphatic imine (C=N–C) groups is 2. The molecule has 4 aliphatic heterocycles. The van der Waals surface area contributed by atoms with Crippen LogP contribution in [0.1, 0.15) is 38.2 Å². The normalized spacial score (nSPS) is 25.7. The lowest BCUT2D eigenvalue weighted by Gasteiger charge is -2.40. The topological polar surface area (TPSA) is 127 Å². The number of nitrogens with two attached hydrogens (primary N) is 1. The molecule has 236 valence electrons. The fourth-order valence-electron chi connectivity index (χ4n) is 5.78. The smallest absolute Gasteiger partial charge is 0.240 e. The van der Waals surface area contributed by atoms with Crippen molar-refractivity contribution in [3.63, 3.8) is 0 Å². The Morgan fingerprint density at radius 3 is 1.98 bits per heavy atom. The van der Waals surface area contributed by atoms with Crippen LogP contribution in [0.3, 0.4) is 0 Å². The van der Waals surface area contributed by atoms with E-state index in [4.69, 9.17) is 15.7 Å². The number of hydrogen-bond acceptors (Lipinski definition) is 11. The first-order valence-electron chi connectivity index (χ1n) is 15.4. The van der Waals surface area contributed by atoms with Gasteiger partial charge < -0.3 is 31.5 Å². The number of hydrogen-bond donors (Lipinski definition) is 4. The van der Waals surface area contributed by atoms with E-state index >= 15 is 0 Å². The predicted molar refractivity (Wildman–Crippen MR) is 182 cm³/mol. The van der Waals surface area contributed by atoms with Gasteiger partial charge in [-0.2, -0.15) is 35.3 Å². The quantitative estimate of drug-likeness (QED) is 0.240. The van der Waals surface area contributed by atoms with Crippen LogP contribution in [0.15, 0.2) is 40.3 Å². The largest absolute Gasteiger partial charge is 0.368 e.